The summed E-state index contributed by atoms with van der Waals surface area (Å²) in [5, 5.41) is 2.53. The maximum absolute atomic E-state index is 13.9. The van der Waals surface area contributed by atoms with E-state index in [4.69, 9.17) is 15.9 Å². The summed E-state index contributed by atoms with van der Waals surface area (Å²) < 4.78 is 26.0. The van der Waals surface area contributed by atoms with Crippen LogP contribution in [0, 0.1) is 18.4 Å². The van der Waals surface area contributed by atoms with Crippen molar-refractivity contribution in [1.82, 2.24) is 24.8 Å². The zero-order chi connectivity index (χ0) is 20.0. The Morgan fingerprint density at radius 1 is 1.48 bits per heavy atom. The van der Waals surface area contributed by atoms with E-state index in [2.05, 4.69) is 26.2 Å². The number of hydrogen-bond acceptors (Lipinski definition) is 6. The van der Waals surface area contributed by atoms with Crippen LogP contribution in [0.2, 0.25) is 0 Å². The zero-order valence-electron chi connectivity index (χ0n) is 16.0. The van der Waals surface area contributed by atoms with Crippen LogP contribution in [0.5, 0.6) is 0 Å². The van der Waals surface area contributed by atoms with Crippen LogP contribution in [-0.2, 0) is 22.6 Å². The number of alkyl carbamates (subject to hydrolysis) is 1. The Hall–Kier alpha value is -2.73. The molecule has 1 atom stereocenters. The number of nitrogens with one attached hydrogen (secondary N) is 1. The monoisotopic (exact) mass is 377 g/mol. The van der Waals surface area contributed by atoms with Crippen LogP contribution in [0.3, 0.4) is 0 Å². The van der Waals surface area contributed by atoms with E-state index in [0.29, 0.717) is 30.6 Å². The maximum atomic E-state index is 13.9. The van der Waals surface area contributed by atoms with Crippen molar-refractivity contribution < 1.29 is 18.7 Å². The Balaban J connectivity index is 2.21. The van der Waals surface area contributed by atoms with Crippen molar-refractivity contribution in [2.45, 2.75) is 58.4 Å². The summed E-state index contributed by atoms with van der Waals surface area (Å²) in [6.45, 7) is 5.82. The molecular formula is C18H24FN5O3. The van der Waals surface area contributed by atoms with E-state index in [0.717, 1.165) is 0 Å². The van der Waals surface area contributed by atoms with Crippen LogP contribution >= 0.6 is 0 Å². The second kappa shape index (κ2) is 8.77. The highest BCUT2D eigenvalue weighted by atomic mass is 19.1. The van der Waals surface area contributed by atoms with Crippen molar-refractivity contribution in [3.8, 4) is 12.3 Å². The van der Waals surface area contributed by atoms with E-state index in [1.807, 2.05) is 6.92 Å². The molecule has 0 aliphatic carbocycles. The molecule has 0 radical (unpaired) electrons. The van der Waals surface area contributed by atoms with Crippen LogP contribution < -0.4 is 5.32 Å². The first-order valence-electron chi connectivity index (χ1n) is 8.68. The molecule has 0 saturated heterocycles. The van der Waals surface area contributed by atoms with Gasteiger partial charge in [-0.1, -0.05) is 12.8 Å². The maximum Gasteiger partial charge on any atom is 0.407 e. The van der Waals surface area contributed by atoms with Gasteiger partial charge < -0.3 is 19.4 Å². The number of aromatic nitrogens is 4. The standard InChI is InChI=1S/C18H24FN5O3/c1-6-18(7-2,26-5)8-9-24-11-21-14-13(22-16(19)23-15(14)24)10-20-17(25)27-12(3)4/h1,11-12H,7-10H2,2-5H3,(H,20,25)/t18-/m1/s1. The van der Waals surface area contributed by atoms with Crippen LogP contribution in [0.1, 0.15) is 39.3 Å². The van der Waals surface area contributed by atoms with Gasteiger partial charge in [0.15, 0.2) is 5.65 Å². The molecule has 2 rings (SSSR count). The Kier molecular flexibility index (Phi) is 6.69. The first kappa shape index (κ1) is 20.6. The largest absolute Gasteiger partial charge is 0.447 e. The van der Waals surface area contributed by atoms with Crippen LogP contribution in [0.15, 0.2) is 6.33 Å². The molecule has 8 nitrogen and oxygen atoms in total. The molecule has 1 amide bonds. The molecule has 0 aliphatic rings. The van der Waals surface area contributed by atoms with Crippen molar-refractivity contribution >= 4 is 17.3 Å². The van der Waals surface area contributed by atoms with Gasteiger partial charge >= 0.3 is 12.2 Å². The first-order valence-corrected chi connectivity index (χ1v) is 8.68. The minimum Gasteiger partial charge on any atom is -0.447 e. The number of halogens is 1. The fourth-order valence-corrected chi connectivity index (χ4v) is 2.63. The van der Waals surface area contributed by atoms with Crippen molar-refractivity contribution in [3.63, 3.8) is 0 Å². The molecule has 27 heavy (non-hydrogen) atoms. The molecule has 0 aliphatic heterocycles. The van der Waals surface area contributed by atoms with Gasteiger partial charge in [0.05, 0.1) is 24.7 Å². The molecule has 2 heterocycles. The van der Waals surface area contributed by atoms with E-state index >= 15 is 0 Å². The van der Waals surface area contributed by atoms with Gasteiger partial charge in [-0.3, -0.25) is 0 Å². The van der Waals surface area contributed by atoms with Gasteiger partial charge in [0.1, 0.15) is 11.1 Å². The van der Waals surface area contributed by atoms with Crippen molar-refractivity contribution in [1.29, 1.82) is 0 Å². The van der Waals surface area contributed by atoms with Gasteiger partial charge in [-0.2, -0.15) is 9.37 Å². The molecule has 0 saturated carbocycles. The number of methoxy groups -OCH3 is 1. The second-order valence-electron chi connectivity index (χ2n) is 6.30. The van der Waals surface area contributed by atoms with Crippen molar-refractivity contribution in [2.75, 3.05) is 7.11 Å². The third-order valence-corrected chi connectivity index (χ3v) is 4.23. The minimum absolute atomic E-state index is 0.0279. The Morgan fingerprint density at radius 3 is 2.81 bits per heavy atom. The topological polar surface area (TPSA) is 91.2 Å². The molecule has 146 valence electrons. The Bertz CT molecular complexity index is 839. The summed E-state index contributed by atoms with van der Waals surface area (Å²) in [4.78, 5) is 23.5. The minimum atomic E-state index is -0.899. The van der Waals surface area contributed by atoms with E-state index in [-0.39, 0.29) is 18.3 Å². The third kappa shape index (κ3) is 4.92. The van der Waals surface area contributed by atoms with Gasteiger partial charge in [0.25, 0.3) is 0 Å². The number of carbonyl (C=O) groups is 1. The third-order valence-electron chi connectivity index (χ3n) is 4.23. The smallest absolute Gasteiger partial charge is 0.407 e. The molecule has 0 fully saturated rings. The molecule has 0 unspecified atom stereocenters. The number of aryl methyl sites for hydroxylation is 1. The highest BCUT2D eigenvalue weighted by Crippen LogP contribution is 2.22. The van der Waals surface area contributed by atoms with Gasteiger partial charge in [-0.25, -0.2) is 14.8 Å². The summed E-state index contributed by atoms with van der Waals surface area (Å²) in [6.07, 6.45) is 6.52. The fraction of sp³-hybridized carbons (Fsp3) is 0.556. The summed E-state index contributed by atoms with van der Waals surface area (Å²) >= 11 is 0. The summed E-state index contributed by atoms with van der Waals surface area (Å²) in [6, 6.07) is 0. The van der Waals surface area contributed by atoms with E-state index in [1.54, 1.807) is 31.9 Å². The molecule has 0 spiro atoms. The van der Waals surface area contributed by atoms with Crippen LogP contribution in [0.4, 0.5) is 9.18 Å². The number of fused-ring (bicyclic) bond motifs is 1. The summed E-state index contributed by atoms with van der Waals surface area (Å²) in [5.74, 6) is 2.67. The molecule has 0 aromatic carbocycles. The van der Waals surface area contributed by atoms with Crippen LogP contribution in [-0.4, -0.2) is 44.4 Å². The Labute approximate surface area is 157 Å². The summed E-state index contributed by atoms with van der Waals surface area (Å²) in [7, 11) is 1.57. The average Bonchev–Trinajstić information content (AvgIpc) is 3.03. The normalized spacial score (nSPS) is 13.4. The van der Waals surface area contributed by atoms with Gasteiger partial charge in [0, 0.05) is 20.1 Å². The van der Waals surface area contributed by atoms with Crippen molar-refractivity contribution in [3.05, 3.63) is 18.1 Å². The summed E-state index contributed by atoms with van der Waals surface area (Å²) in [5.41, 5.74) is 0.297. The van der Waals surface area contributed by atoms with Gasteiger partial charge in [-0.05, 0) is 20.3 Å². The lowest BCUT2D eigenvalue weighted by Crippen LogP contribution is -2.30. The van der Waals surface area contributed by atoms with Crippen LogP contribution in [0.25, 0.3) is 11.2 Å². The number of carbonyl (C=O) groups excluding carboxylic acids is 1. The number of nitrogens with zero attached hydrogens (tertiary/aromatic N) is 4. The second-order valence-corrected chi connectivity index (χ2v) is 6.30. The molecular weight excluding hydrogens is 353 g/mol. The number of terminal acetylenes is 1. The van der Waals surface area contributed by atoms with E-state index in [9.17, 15) is 9.18 Å². The SMILES string of the molecule is C#C[C@@](CC)(CCn1cnc2c(CNC(=O)OC(C)C)nc(F)nc21)OC. The highest BCUT2D eigenvalue weighted by molar-refractivity contribution is 5.74. The van der Waals surface area contributed by atoms with Gasteiger partial charge in [0.2, 0.25) is 0 Å². The lowest BCUT2D eigenvalue weighted by atomic mass is 9.97. The fourth-order valence-electron chi connectivity index (χ4n) is 2.63. The van der Waals surface area contributed by atoms with E-state index in [1.165, 1.54) is 0 Å². The average molecular weight is 377 g/mol. The molecule has 9 heteroatoms. The highest BCUT2D eigenvalue weighted by Gasteiger charge is 2.25. The lowest BCUT2D eigenvalue weighted by Gasteiger charge is -2.25. The number of hydrogen-bond donors (Lipinski definition) is 1. The number of amides is 1. The molecule has 2 aromatic rings. The zero-order valence-corrected chi connectivity index (χ0v) is 16.0. The quantitative estimate of drug-likeness (QED) is 0.561. The molecule has 0 bridgehead atoms. The number of rotatable bonds is 8. The predicted octanol–water partition coefficient (Wildman–Crippen LogP) is 2.42. The number of ether oxygens (including phenoxy) is 2. The molecule has 1 N–H and O–H groups in total. The lowest BCUT2D eigenvalue weighted by molar-refractivity contribution is 0.0272. The first-order chi connectivity index (χ1) is 12.8. The predicted molar refractivity (Wildman–Crippen MR) is 97.2 cm³/mol. The van der Waals surface area contributed by atoms with Gasteiger partial charge in [-0.15, -0.1) is 6.42 Å². The van der Waals surface area contributed by atoms with E-state index < -0.39 is 17.8 Å². The van der Waals surface area contributed by atoms with Crippen molar-refractivity contribution in [2.24, 2.45) is 0 Å². The number of imidazole rings is 1. The molecule has 2 aromatic heterocycles. The Morgan fingerprint density at radius 2 is 2.22 bits per heavy atom.